The second kappa shape index (κ2) is 6.04. The second-order valence-electron chi connectivity index (χ2n) is 7.90. The van der Waals surface area contributed by atoms with E-state index in [4.69, 9.17) is 4.74 Å². The number of nitrogens with zero attached hydrogens (tertiary/aromatic N) is 1. The van der Waals surface area contributed by atoms with E-state index < -0.39 is 0 Å². The lowest BCUT2D eigenvalue weighted by Gasteiger charge is -2.35. The maximum Gasteiger partial charge on any atom is 0.230 e. The van der Waals surface area contributed by atoms with Gasteiger partial charge in [0, 0.05) is 29.6 Å². The van der Waals surface area contributed by atoms with E-state index >= 15 is 0 Å². The molecule has 5 atom stereocenters. The van der Waals surface area contributed by atoms with E-state index in [0.29, 0.717) is 18.4 Å². The number of carbonyl (C=O) groups excluding carboxylic acids is 2. The molecule has 5 nitrogen and oxygen atoms in total. The minimum absolute atomic E-state index is 0.0499. The molecule has 5 heteroatoms. The molecule has 134 valence electrons. The maximum atomic E-state index is 12.8. The molecule has 1 heterocycles. The van der Waals surface area contributed by atoms with Crippen LogP contribution in [0.5, 0.6) is 5.75 Å². The molecule has 0 bridgehead atoms. The second-order valence-corrected chi connectivity index (χ2v) is 7.90. The van der Waals surface area contributed by atoms with Gasteiger partial charge in [-0.15, -0.1) is 0 Å². The molecule has 3 aliphatic rings. The van der Waals surface area contributed by atoms with Crippen LogP contribution in [0, 0.1) is 23.7 Å². The van der Waals surface area contributed by atoms with E-state index in [2.05, 4.69) is 19.2 Å². The van der Waals surface area contributed by atoms with Crippen LogP contribution in [0.1, 0.15) is 44.7 Å². The quantitative estimate of drug-likeness (QED) is 0.915. The van der Waals surface area contributed by atoms with E-state index in [1.807, 2.05) is 23.1 Å². The highest BCUT2D eigenvalue weighted by atomic mass is 16.5. The molecule has 0 saturated heterocycles. The Hall–Kier alpha value is -2.04. The lowest BCUT2D eigenvalue weighted by molar-refractivity contribution is -0.123. The Labute approximate surface area is 148 Å². The third-order valence-corrected chi connectivity index (χ3v) is 6.00. The zero-order valence-corrected chi connectivity index (χ0v) is 15.1. The number of fused-ring (bicyclic) bond motifs is 1. The predicted molar refractivity (Wildman–Crippen MR) is 95.4 cm³/mol. The Balaban J connectivity index is 1.60. The van der Waals surface area contributed by atoms with Gasteiger partial charge in [0.2, 0.25) is 11.8 Å². The van der Waals surface area contributed by atoms with Gasteiger partial charge in [-0.2, -0.15) is 0 Å². The van der Waals surface area contributed by atoms with E-state index in [1.54, 1.807) is 7.11 Å². The molecule has 1 aromatic carbocycles. The van der Waals surface area contributed by atoms with Crippen LogP contribution in [0.2, 0.25) is 0 Å². The molecule has 1 aliphatic heterocycles. The average molecular weight is 342 g/mol. The van der Waals surface area contributed by atoms with Gasteiger partial charge in [-0.1, -0.05) is 13.8 Å². The first-order chi connectivity index (χ1) is 12.0. The Morgan fingerprint density at radius 3 is 2.44 bits per heavy atom. The number of methoxy groups -OCH3 is 1. The summed E-state index contributed by atoms with van der Waals surface area (Å²) >= 11 is 0. The van der Waals surface area contributed by atoms with Crippen molar-refractivity contribution in [3.63, 3.8) is 0 Å². The molecule has 0 radical (unpaired) electrons. The molecule has 25 heavy (non-hydrogen) atoms. The summed E-state index contributed by atoms with van der Waals surface area (Å²) in [6, 6.07) is 5.76. The zero-order chi connectivity index (χ0) is 17.7. The van der Waals surface area contributed by atoms with E-state index in [-0.39, 0.29) is 29.7 Å². The van der Waals surface area contributed by atoms with E-state index in [0.717, 1.165) is 36.3 Å². The molecule has 2 saturated carbocycles. The number of benzene rings is 1. The summed E-state index contributed by atoms with van der Waals surface area (Å²) in [5, 5.41) is 3.20. The molecule has 1 N–H and O–H groups in total. The summed E-state index contributed by atoms with van der Waals surface area (Å²) in [5.41, 5.74) is 1.92. The van der Waals surface area contributed by atoms with Crippen LogP contribution >= 0.6 is 0 Å². The molecule has 0 aromatic heterocycles. The molecule has 0 unspecified atom stereocenters. The summed E-state index contributed by atoms with van der Waals surface area (Å²) in [6.45, 7) is 4.90. The first kappa shape index (κ1) is 16.4. The van der Waals surface area contributed by atoms with Gasteiger partial charge in [-0.05, 0) is 49.3 Å². The first-order valence-corrected chi connectivity index (χ1v) is 9.29. The Morgan fingerprint density at radius 2 is 1.84 bits per heavy atom. The van der Waals surface area contributed by atoms with Crippen molar-refractivity contribution in [2.45, 2.75) is 39.2 Å². The summed E-state index contributed by atoms with van der Waals surface area (Å²) in [5.74, 6) is 2.41. The van der Waals surface area contributed by atoms with Gasteiger partial charge in [0.25, 0.3) is 0 Å². The molecule has 2 aliphatic carbocycles. The Bertz CT molecular complexity index is 717. The van der Waals surface area contributed by atoms with Gasteiger partial charge in [-0.3, -0.25) is 9.59 Å². The number of rotatable bonds is 4. The summed E-state index contributed by atoms with van der Waals surface area (Å²) < 4.78 is 5.37. The third kappa shape index (κ3) is 3.00. The van der Waals surface area contributed by atoms with Gasteiger partial charge >= 0.3 is 0 Å². The monoisotopic (exact) mass is 342 g/mol. The zero-order valence-electron chi connectivity index (χ0n) is 15.1. The minimum atomic E-state index is -0.0499. The van der Waals surface area contributed by atoms with Crippen LogP contribution in [0.3, 0.4) is 0 Å². The molecule has 2 fully saturated rings. The van der Waals surface area contributed by atoms with E-state index in [9.17, 15) is 9.59 Å². The van der Waals surface area contributed by atoms with Gasteiger partial charge < -0.3 is 15.0 Å². The van der Waals surface area contributed by atoms with Crippen molar-refractivity contribution in [2.24, 2.45) is 23.7 Å². The molecular formula is C20H26N2O3. The van der Waals surface area contributed by atoms with E-state index in [1.165, 1.54) is 0 Å². The van der Waals surface area contributed by atoms with Crippen molar-refractivity contribution < 1.29 is 14.3 Å². The standard InChI is InChI=1S/C20H26N2O3/c1-11-8-14(11)19(23)21-17-6-7-22(20(24)15-9-12(15)2)18-5-4-13(25-3)10-16(17)18/h4-5,10-12,14-15,17H,6-9H2,1-3H3,(H,21,23)/t11-,12-,14+,15-,17+/m0/s1. The lowest BCUT2D eigenvalue weighted by Crippen LogP contribution is -2.42. The number of nitrogens with one attached hydrogen (secondary N) is 1. The predicted octanol–water partition coefficient (Wildman–Crippen LogP) is 2.90. The number of anilines is 1. The SMILES string of the molecule is COc1ccc2c(c1)[C@H](NC(=O)[C@@H]1C[C@@H]1C)CCN2C(=O)[C@H]1C[C@@H]1C. The van der Waals surface area contributed by atoms with Crippen molar-refractivity contribution >= 4 is 17.5 Å². The van der Waals surface area contributed by atoms with Crippen molar-refractivity contribution in [3.05, 3.63) is 23.8 Å². The van der Waals surface area contributed by atoms with Crippen molar-refractivity contribution in [1.82, 2.24) is 5.32 Å². The molecule has 2 amide bonds. The van der Waals surface area contributed by atoms with Crippen LogP contribution < -0.4 is 15.0 Å². The number of amides is 2. The summed E-state index contributed by atoms with van der Waals surface area (Å²) in [4.78, 5) is 27.1. The van der Waals surface area contributed by atoms with Crippen molar-refractivity contribution in [3.8, 4) is 5.75 Å². The van der Waals surface area contributed by atoms with Gasteiger partial charge in [0.1, 0.15) is 5.75 Å². The molecular weight excluding hydrogens is 316 g/mol. The molecule has 0 spiro atoms. The lowest BCUT2D eigenvalue weighted by atomic mass is 9.95. The fraction of sp³-hybridized carbons (Fsp3) is 0.600. The maximum absolute atomic E-state index is 12.8. The van der Waals surface area contributed by atoms with Crippen molar-refractivity contribution in [2.75, 3.05) is 18.6 Å². The summed E-state index contributed by atoms with van der Waals surface area (Å²) in [6.07, 6.45) is 2.72. The molecule has 4 rings (SSSR count). The van der Waals surface area contributed by atoms with Crippen molar-refractivity contribution in [1.29, 1.82) is 0 Å². The highest BCUT2D eigenvalue weighted by molar-refractivity contribution is 5.98. The van der Waals surface area contributed by atoms with Crippen LogP contribution in [-0.4, -0.2) is 25.5 Å². The fourth-order valence-corrected chi connectivity index (χ4v) is 3.93. The smallest absolute Gasteiger partial charge is 0.230 e. The number of hydrogen-bond donors (Lipinski definition) is 1. The Morgan fingerprint density at radius 1 is 1.16 bits per heavy atom. The van der Waals surface area contributed by atoms with Crippen LogP contribution in [0.4, 0.5) is 5.69 Å². The topological polar surface area (TPSA) is 58.6 Å². The van der Waals surface area contributed by atoms with Crippen LogP contribution in [-0.2, 0) is 9.59 Å². The molecule has 1 aromatic rings. The van der Waals surface area contributed by atoms with Gasteiger partial charge in [-0.25, -0.2) is 0 Å². The first-order valence-electron chi connectivity index (χ1n) is 9.29. The number of carbonyl (C=O) groups is 2. The third-order valence-electron chi connectivity index (χ3n) is 6.00. The number of ether oxygens (including phenoxy) is 1. The largest absolute Gasteiger partial charge is 0.497 e. The minimum Gasteiger partial charge on any atom is -0.497 e. The fourth-order valence-electron chi connectivity index (χ4n) is 3.93. The highest BCUT2D eigenvalue weighted by Gasteiger charge is 2.44. The van der Waals surface area contributed by atoms with Crippen LogP contribution in [0.15, 0.2) is 18.2 Å². The van der Waals surface area contributed by atoms with Crippen LogP contribution in [0.25, 0.3) is 0 Å². The normalized spacial score (nSPS) is 32.6. The number of hydrogen-bond acceptors (Lipinski definition) is 3. The average Bonchev–Trinajstić information content (AvgIpc) is 3.52. The van der Waals surface area contributed by atoms with Gasteiger partial charge in [0.15, 0.2) is 0 Å². The highest BCUT2D eigenvalue weighted by Crippen LogP contribution is 2.44. The Kier molecular flexibility index (Phi) is 3.97. The summed E-state index contributed by atoms with van der Waals surface area (Å²) in [7, 11) is 1.64. The van der Waals surface area contributed by atoms with Gasteiger partial charge in [0.05, 0.1) is 13.2 Å².